The molecule has 0 unspecified atom stereocenters. The molecule has 0 spiro atoms. The van der Waals surface area contributed by atoms with Crippen molar-refractivity contribution in [1.29, 1.82) is 0 Å². The number of aromatic nitrogens is 1. The van der Waals surface area contributed by atoms with Crippen molar-refractivity contribution in [1.82, 2.24) is 4.98 Å². The Morgan fingerprint density at radius 2 is 1.95 bits per heavy atom. The lowest BCUT2D eigenvalue weighted by atomic mass is 10.0. The van der Waals surface area contributed by atoms with Gasteiger partial charge in [0.15, 0.2) is 0 Å². The predicted molar refractivity (Wildman–Crippen MR) is 82.4 cm³/mol. The summed E-state index contributed by atoms with van der Waals surface area (Å²) in [5.41, 5.74) is 5.18. The summed E-state index contributed by atoms with van der Waals surface area (Å²) in [7, 11) is 3.82. The van der Waals surface area contributed by atoms with Crippen LogP contribution in [0.2, 0.25) is 0 Å². The van der Waals surface area contributed by atoms with Crippen LogP contribution in [0.1, 0.15) is 18.4 Å². The van der Waals surface area contributed by atoms with Gasteiger partial charge in [0.05, 0.1) is 7.11 Å². The summed E-state index contributed by atoms with van der Waals surface area (Å²) >= 11 is 0. The molecule has 3 nitrogen and oxygen atoms in total. The molecule has 0 fully saturated rings. The van der Waals surface area contributed by atoms with Gasteiger partial charge in [0.1, 0.15) is 0 Å². The van der Waals surface area contributed by atoms with Crippen molar-refractivity contribution in [2.45, 2.75) is 19.3 Å². The highest BCUT2D eigenvalue weighted by molar-refractivity contribution is 5.69. The van der Waals surface area contributed by atoms with E-state index in [1.807, 2.05) is 12.3 Å². The highest BCUT2D eigenvalue weighted by Gasteiger charge is 2.13. The molecule has 3 rings (SSSR count). The topological polar surface area (TPSA) is 25.4 Å². The van der Waals surface area contributed by atoms with Gasteiger partial charge in [-0.05, 0) is 48.6 Å². The maximum Gasteiger partial charge on any atom is 0.212 e. The predicted octanol–water partition coefficient (Wildman–Crippen LogP) is 3.53. The highest BCUT2D eigenvalue weighted by Crippen LogP contribution is 2.30. The van der Waals surface area contributed by atoms with Gasteiger partial charge in [0, 0.05) is 37.1 Å². The fraction of sp³-hybridized carbons (Fsp3) is 0.353. The Balaban J connectivity index is 1.96. The smallest absolute Gasteiger partial charge is 0.212 e. The molecule has 1 aliphatic heterocycles. The summed E-state index contributed by atoms with van der Waals surface area (Å²) in [6.45, 7) is 1.15. The lowest BCUT2D eigenvalue weighted by molar-refractivity contribution is 0.398. The Morgan fingerprint density at radius 3 is 2.70 bits per heavy atom. The lowest BCUT2D eigenvalue weighted by Gasteiger charge is -2.19. The molecular formula is C17H20N2O. The molecule has 0 atom stereocenters. The van der Waals surface area contributed by atoms with Crippen molar-refractivity contribution in [2.75, 3.05) is 25.6 Å². The molecule has 1 aromatic heterocycles. The highest BCUT2D eigenvalue weighted by atomic mass is 16.5. The van der Waals surface area contributed by atoms with E-state index in [-0.39, 0.29) is 0 Å². The van der Waals surface area contributed by atoms with E-state index in [1.54, 1.807) is 7.11 Å². The molecule has 0 saturated carbocycles. The molecule has 3 heteroatoms. The molecule has 2 aromatic rings. The van der Waals surface area contributed by atoms with Crippen molar-refractivity contribution in [3.05, 3.63) is 42.1 Å². The summed E-state index contributed by atoms with van der Waals surface area (Å²) in [4.78, 5) is 6.65. The van der Waals surface area contributed by atoms with Gasteiger partial charge in [-0.2, -0.15) is 0 Å². The number of hydrogen-bond acceptors (Lipinski definition) is 3. The van der Waals surface area contributed by atoms with Crippen molar-refractivity contribution in [2.24, 2.45) is 0 Å². The summed E-state index contributed by atoms with van der Waals surface area (Å²) in [6, 6.07) is 10.7. The van der Waals surface area contributed by atoms with Gasteiger partial charge in [-0.25, -0.2) is 4.98 Å². The number of pyridine rings is 1. The number of aryl methyl sites for hydroxylation is 1. The van der Waals surface area contributed by atoms with E-state index < -0.39 is 0 Å². The van der Waals surface area contributed by atoms with Gasteiger partial charge in [-0.1, -0.05) is 6.07 Å². The first-order chi connectivity index (χ1) is 9.78. The summed E-state index contributed by atoms with van der Waals surface area (Å²) in [5.74, 6) is 0.656. The third-order valence-corrected chi connectivity index (χ3v) is 3.96. The molecule has 1 aliphatic rings. The number of ether oxygens (including phenoxy) is 1. The zero-order chi connectivity index (χ0) is 13.9. The van der Waals surface area contributed by atoms with Crippen LogP contribution in [0.25, 0.3) is 11.1 Å². The number of benzene rings is 1. The van der Waals surface area contributed by atoms with E-state index in [0.717, 1.165) is 18.5 Å². The van der Waals surface area contributed by atoms with E-state index in [9.17, 15) is 0 Å². The molecule has 1 aromatic carbocycles. The normalized spacial score (nSPS) is 14.6. The third kappa shape index (κ3) is 2.48. The van der Waals surface area contributed by atoms with Crippen LogP contribution < -0.4 is 9.64 Å². The second kappa shape index (κ2) is 5.53. The quantitative estimate of drug-likeness (QED) is 0.833. The molecule has 0 bridgehead atoms. The van der Waals surface area contributed by atoms with Gasteiger partial charge in [-0.15, -0.1) is 0 Å². The Hall–Kier alpha value is -2.03. The number of nitrogens with zero attached hydrogens (tertiary/aromatic N) is 2. The minimum atomic E-state index is 0.656. The molecule has 2 heterocycles. The maximum absolute atomic E-state index is 5.11. The van der Waals surface area contributed by atoms with Crippen LogP contribution in [0, 0.1) is 0 Å². The Bertz CT molecular complexity index is 592. The summed E-state index contributed by atoms with van der Waals surface area (Å²) in [6.07, 6.45) is 5.57. The first-order valence-electron chi connectivity index (χ1n) is 7.12. The van der Waals surface area contributed by atoms with Crippen LogP contribution in [0.15, 0.2) is 36.5 Å². The van der Waals surface area contributed by atoms with Crippen LogP contribution >= 0.6 is 0 Å². The number of fused-ring (bicyclic) bond motifs is 1. The third-order valence-electron chi connectivity index (χ3n) is 3.96. The number of anilines is 1. The van der Waals surface area contributed by atoms with Crippen LogP contribution in [-0.4, -0.2) is 25.7 Å². The van der Waals surface area contributed by atoms with Crippen molar-refractivity contribution < 1.29 is 4.74 Å². The molecule has 20 heavy (non-hydrogen) atoms. The first kappa shape index (κ1) is 13.0. The zero-order valence-corrected chi connectivity index (χ0v) is 12.1. The standard InChI is InChI=1S/C17H20N2O/c1-19-10-4-3-5-14-11-13(6-8-16(14)19)15-7-9-17(20-2)18-12-15/h6-9,11-12H,3-5,10H2,1-2H3. The molecule has 104 valence electrons. The monoisotopic (exact) mass is 268 g/mol. The number of hydrogen-bond donors (Lipinski definition) is 0. The van der Waals surface area contributed by atoms with Crippen molar-refractivity contribution in [3.8, 4) is 17.0 Å². The second-order valence-corrected chi connectivity index (χ2v) is 5.31. The van der Waals surface area contributed by atoms with E-state index in [0.29, 0.717) is 5.88 Å². The van der Waals surface area contributed by atoms with Crippen LogP contribution in [-0.2, 0) is 6.42 Å². The molecule has 0 amide bonds. The first-order valence-corrected chi connectivity index (χ1v) is 7.12. The van der Waals surface area contributed by atoms with E-state index >= 15 is 0 Å². The average molecular weight is 268 g/mol. The average Bonchev–Trinajstić information content (AvgIpc) is 2.69. The second-order valence-electron chi connectivity index (χ2n) is 5.31. The van der Waals surface area contributed by atoms with Gasteiger partial charge in [-0.3, -0.25) is 0 Å². The van der Waals surface area contributed by atoms with Gasteiger partial charge < -0.3 is 9.64 Å². The summed E-state index contributed by atoms with van der Waals surface area (Å²) in [5, 5.41) is 0. The fourth-order valence-corrected chi connectivity index (χ4v) is 2.79. The van der Waals surface area contributed by atoms with Gasteiger partial charge in [0.2, 0.25) is 5.88 Å². The Labute approximate surface area is 120 Å². The summed E-state index contributed by atoms with van der Waals surface area (Å²) < 4.78 is 5.11. The van der Waals surface area contributed by atoms with Crippen LogP contribution in [0.4, 0.5) is 5.69 Å². The maximum atomic E-state index is 5.11. The van der Waals surface area contributed by atoms with E-state index in [4.69, 9.17) is 4.74 Å². The molecule has 0 N–H and O–H groups in total. The van der Waals surface area contributed by atoms with Crippen molar-refractivity contribution >= 4 is 5.69 Å². The molecular weight excluding hydrogens is 248 g/mol. The van der Waals surface area contributed by atoms with Crippen molar-refractivity contribution in [3.63, 3.8) is 0 Å². The SMILES string of the molecule is COc1ccc(-c2ccc3c(c2)CCCCN3C)cn1. The van der Waals surface area contributed by atoms with Crippen LogP contribution in [0.5, 0.6) is 5.88 Å². The Kier molecular flexibility index (Phi) is 3.59. The fourth-order valence-electron chi connectivity index (χ4n) is 2.79. The van der Waals surface area contributed by atoms with Crippen LogP contribution in [0.3, 0.4) is 0 Å². The molecule has 0 radical (unpaired) electrons. The minimum Gasteiger partial charge on any atom is -0.481 e. The molecule has 0 aliphatic carbocycles. The zero-order valence-electron chi connectivity index (χ0n) is 12.1. The van der Waals surface area contributed by atoms with E-state index in [1.165, 1.54) is 29.7 Å². The number of rotatable bonds is 2. The van der Waals surface area contributed by atoms with Gasteiger partial charge in [0.25, 0.3) is 0 Å². The lowest BCUT2D eigenvalue weighted by Crippen LogP contribution is -2.17. The van der Waals surface area contributed by atoms with E-state index in [2.05, 4.69) is 41.2 Å². The minimum absolute atomic E-state index is 0.656. The Morgan fingerprint density at radius 1 is 1.10 bits per heavy atom. The molecule has 0 saturated heterocycles. The number of methoxy groups -OCH3 is 1. The van der Waals surface area contributed by atoms with Gasteiger partial charge >= 0.3 is 0 Å². The largest absolute Gasteiger partial charge is 0.481 e.